The molecule has 1 amide bonds. The minimum absolute atomic E-state index is 0.0275. The van der Waals surface area contributed by atoms with Crippen LogP contribution in [-0.4, -0.2) is 55.2 Å². The molecule has 3 rings (SSSR count). The maximum absolute atomic E-state index is 13.2. The predicted molar refractivity (Wildman–Crippen MR) is 135 cm³/mol. The molecule has 1 saturated heterocycles. The monoisotopic (exact) mass is 481 g/mol. The number of methoxy groups -OCH3 is 1. The van der Waals surface area contributed by atoms with Gasteiger partial charge in [-0.25, -0.2) is 0 Å². The number of ether oxygens (including phenoxy) is 3. The molecule has 2 aromatic carbocycles. The van der Waals surface area contributed by atoms with E-state index < -0.39 is 17.7 Å². The number of nitrogens with zero attached hydrogens (tertiary/aromatic N) is 1. The van der Waals surface area contributed by atoms with Crippen molar-refractivity contribution in [1.82, 2.24) is 4.90 Å². The van der Waals surface area contributed by atoms with Gasteiger partial charge in [0.15, 0.2) is 0 Å². The van der Waals surface area contributed by atoms with E-state index in [4.69, 9.17) is 14.2 Å². The Bertz CT molecular complexity index is 1100. The van der Waals surface area contributed by atoms with Gasteiger partial charge < -0.3 is 24.2 Å². The number of carbonyl (C=O) groups is 2. The molecule has 1 N–H and O–H groups in total. The van der Waals surface area contributed by atoms with Crippen LogP contribution in [0.1, 0.15) is 57.4 Å². The number of hydrogen-bond donors (Lipinski definition) is 1. The van der Waals surface area contributed by atoms with Crippen molar-refractivity contribution >= 4 is 17.4 Å². The summed E-state index contributed by atoms with van der Waals surface area (Å²) in [6, 6.07) is 12.1. The zero-order chi connectivity index (χ0) is 25.8. The van der Waals surface area contributed by atoms with E-state index in [0.717, 1.165) is 11.1 Å². The minimum Gasteiger partial charge on any atom is -0.507 e. The molecule has 0 aliphatic carbocycles. The fourth-order valence-corrected chi connectivity index (χ4v) is 4.19. The molecule has 188 valence electrons. The van der Waals surface area contributed by atoms with Gasteiger partial charge in [-0.1, -0.05) is 45.0 Å². The smallest absolute Gasteiger partial charge is 0.295 e. The van der Waals surface area contributed by atoms with Crippen LogP contribution in [-0.2, 0) is 19.7 Å². The lowest BCUT2D eigenvalue weighted by molar-refractivity contribution is -0.140. The van der Waals surface area contributed by atoms with E-state index in [1.807, 2.05) is 38.1 Å². The predicted octanol–water partition coefficient (Wildman–Crippen LogP) is 4.85. The van der Waals surface area contributed by atoms with Crippen LogP contribution in [0.4, 0.5) is 0 Å². The molecule has 35 heavy (non-hydrogen) atoms. The van der Waals surface area contributed by atoms with Crippen molar-refractivity contribution < 1.29 is 28.9 Å². The maximum Gasteiger partial charge on any atom is 0.295 e. The van der Waals surface area contributed by atoms with Crippen molar-refractivity contribution in [3.05, 3.63) is 64.7 Å². The van der Waals surface area contributed by atoms with Crippen LogP contribution < -0.4 is 9.47 Å². The first kappa shape index (κ1) is 26.3. The molecule has 2 aromatic rings. The van der Waals surface area contributed by atoms with Gasteiger partial charge in [0.05, 0.1) is 37.0 Å². The SMILES string of the molecule is CCOc1ccc(/C(O)=C2/C(=O)C(=O)N(CCOC)C2c2ccc(C(C)(C)C)cc2)c(OCC)c1. The number of hydrogen-bond acceptors (Lipinski definition) is 6. The third-order valence-electron chi connectivity index (χ3n) is 5.99. The molecular formula is C28H35NO6. The number of benzene rings is 2. The Morgan fingerprint density at radius 2 is 1.66 bits per heavy atom. The van der Waals surface area contributed by atoms with Gasteiger partial charge in [0.25, 0.3) is 11.7 Å². The second kappa shape index (κ2) is 11.0. The highest BCUT2D eigenvalue weighted by molar-refractivity contribution is 6.46. The second-order valence-corrected chi connectivity index (χ2v) is 9.38. The van der Waals surface area contributed by atoms with Crippen LogP contribution in [0, 0.1) is 0 Å². The van der Waals surface area contributed by atoms with E-state index >= 15 is 0 Å². The fourth-order valence-electron chi connectivity index (χ4n) is 4.19. The Morgan fingerprint density at radius 1 is 1.00 bits per heavy atom. The fraction of sp³-hybridized carbons (Fsp3) is 0.429. The number of rotatable bonds is 9. The third kappa shape index (κ3) is 5.51. The molecule has 0 spiro atoms. The van der Waals surface area contributed by atoms with Gasteiger partial charge in [-0.2, -0.15) is 0 Å². The molecule has 0 saturated carbocycles. The summed E-state index contributed by atoms with van der Waals surface area (Å²) in [6.45, 7) is 11.4. The summed E-state index contributed by atoms with van der Waals surface area (Å²) in [5.74, 6) is -0.722. The summed E-state index contributed by atoms with van der Waals surface area (Å²) in [6.07, 6.45) is 0. The average molecular weight is 482 g/mol. The summed E-state index contributed by atoms with van der Waals surface area (Å²) >= 11 is 0. The molecule has 1 aliphatic heterocycles. The van der Waals surface area contributed by atoms with Gasteiger partial charge in [0.2, 0.25) is 0 Å². The number of amides is 1. The van der Waals surface area contributed by atoms with Crippen LogP contribution in [0.3, 0.4) is 0 Å². The molecular weight excluding hydrogens is 446 g/mol. The van der Waals surface area contributed by atoms with Crippen molar-refractivity contribution in [2.24, 2.45) is 0 Å². The van der Waals surface area contributed by atoms with Gasteiger partial charge in [0.1, 0.15) is 17.3 Å². The zero-order valence-corrected chi connectivity index (χ0v) is 21.4. The average Bonchev–Trinajstić information content (AvgIpc) is 3.07. The highest BCUT2D eigenvalue weighted by Crippen LogP contribution is 2.42. The number of aliphatic hydroxyl groups excluding tert-OH is 1. The van der Waals surface area contributed by atoms with Crippen molar-refractivity contribution in [1.29, 1.82) is 0 Å². The highest BCUT2D eigenvalue weighted by atomic mass is 16.5. The number of ketones is 1. The molecule has 1 aliphatic rings. The number of aliphatic hydroxyl groups is 1. The van der Waals surface area contributed by atoms with Crippen molar-refractivity contribution in [3.8, 4) is 11.5 Å². The Hall–Kier alpha value is -3.32. The van der Waals surface area contributed by atoms with E-state index in [1.165, 1.54) is 12.0 Å². The van der Waals surface area contributed by atoms with E-state index in [-0.39, 0.29) is 29.9 Å². The molecule has 1 unspecified atom stereocenters. The summed E-state index contributed by atoms with van der Waals surface area (Å²) in [7, 11) is 1.54. The van der Waals surface area contributed by atoms with Crippen LogP contribution in [0.25, 0.3) is 5.76 Å². The van der Waals surface area contributed by atoms with Crippen LogP contribution >= 0.6 is 0 Å². The molecule has 1 fully saturated rings. The first-order chi connectivity index (χ1) is 16.6. The third-order valence-corrected chi connectivity index (χ3v) is 5.99. The van der Waals surface area contributed by atoms with Gasteiger partial charge in [0, 0.05) is 19.7 Å². The first-order valence-corrected chi connectivity index (χ1v) is 11.9. The van der Waals surface area contributed by atoms with Gasteiger partial charge >= 0.3 is 0 Å². The van der Waals surface area contributed by atoms with Crippen LogP contribution in [0.15, 0.2) is 48.0 Å². The maximum atomic E-state index is 13.2. The summed E-state index contributed by atoms with van der Waals surface area (Å²) in [5, 5.41) is 11.4. The Balaban J connectivity index is 2.18. The van der Waals surface area contributed by atoms with Crippen LogP contribution in [0.2, 0.25) is 0 Å². The first-order valence-electron chi connectivity index (χ1n) is 11.9. The molecule has 7 nitrogen and oxygen atoms in total. The summed E-state index contributed by atoms with van der Waals surface area (Å²) in [4.78, 5) is 27.7. The molecule has 1 atom stereocenters. The van der Waals surface area contributed by atoms with Crippen molar-refractivity contribution in [3.63, 3.8) is 0 Å². The lowest BCUT2D eigenvalue weighted by atomic mass is 9.85. The van der Waals surface area contributed by atoms with Gasteiger partial charge in [-0.3, -0.25) is 9.59 Å². The number of Topliss-reactive ketones (excluding diaryl/α,β-unsaturated/α-hetero) is 1. The van der Waals surface area contributed by atoms with Crippen molar-refractivity contribution in [2.45, 2.75) is 46.1 Å². The summed E-state index contributed by atoms with van der Waals surface area (Å²) in [5.41, 5.74) is 2.17. The highest BCUT2D eigenvalue weighted by Gasteiger charge is 2.46. The lowest BCUT2D eigenvalue weighted by Gasteiger charge is -2.26. The van der Waals surface area contributed by atoms with E-state index in [2.05, 4.69) is 20.8 Å². The number of likely N-dealkylation sites (tertiary alicyclic amines) is 1. The lowest BCUT2D eigenvalue weighted by Crippen LogP contribution is -2.32. The van der Waals surface area contributed by atoms with E-state index in [0.29, 0.717) is 30.3 Å². The molecule has 7 heteroatoms. The topological polar surface area (TPSA) is 85.3 Å². The Labute approximate surface area is 207 Å². The van der Waals surface area contributed by atoms with E-state index in [1.54, 1.807) is 18.2 Å². The molecule has 0 aromatic heterocycles. The number of carbonyl (C=O) groups excluding carboxylic acids is 2. The standard InChI is InChI=1S/C28H35NO6/c1-7-34-20-13-14-21(22(17-20)35-8-2)25(30)23-24(29(15-16-33-6)27(32)26(23)31)18-9-11-19(12-10-18)28(3,4)5/h9-14,17,24,30H,7-8,15-16H2,1-6H3/b25-23-. The van der Waals surface area contributed by atoms with Crippen LogP contribution in [0.5, 0.6) is 11.5 Å². The summed E-state index contributed by atoms with van der Waals surface area (Å²) < 4.78 is 16.5. The largest absolute Gasteiger partial charge is 0.507 e. The van der Waals surface area contributed by atoms with Crippen molar-refractivity contribution in [2.75, 3.05) is 33.5 Å². The zero-order valence-electron chi connectivity index (χ0n) is 21.4. The quantitative estimate of drug-likeness (QED) is 0.313. The second-order valence-electron chi connectivity index (χ2n) is 9.38. The Morgan fingerprint density at radius 3 is 2.23 bits per heavy atom. The minimum atomic E-state index is -0.750. The molecule has 1 heterocycles. The van der Waals surface area contributed by atoms with Gasteiger partial charge in [-0.05, 0) is 42.5 Å². The molecule has 0 bridgehead atoms. The normalized spacial score (nSPS) is 17.7. The van der Waals surface area contributed by atoms with E-state index in [9.17, 15) is 14.7 Å². The molecule has 0 radical (unpaired) electrons. The Kier molecular flexibility index (Phi) is 8.22. The van der Waals surface area contributed by atoms with Gasteiger partial charge in [-0.15, -0.1) is 0 Å².